The number of nitrogen functional groups attached to an aromatic ring is 1. The van der Waals surface area contributed by atoms with Crippen LogP contribution >= 0.6 is 0 Å². The van der Waals surface area contributed by atoms with Crippen LogP contribution in [0.2, 0.25) is 0 Å². The summed E-state index contributed by atoms with van der Waals surface area (Å²) in [6, 6.07) is 0. The van der Waals surface area contributed by atoms with E-state index in [0.29, 0.717) is 18.0 Å². The molecule has 1 fully saturated rings. The van der Waals surface area contributed by atoms with Crippen LogP contribution in [-0.4, -0.2) is 56.0 Å². The van der Waals surface area contributed by atoms with E-state index in [1.54, 1.807) is 7.11 Å². The van der Waals surface area contributed by atoms with Crippen molar-refractivity contribution in [2.75, 3.05) is 30.8 Å². The first-order chi connectivity index (χ1) is 9.76. The molecular formula is C11H16N8O. The first-order valence-corrected chi connectivity index (χ1v) is 6.40. The molecule has 0 spiro atoms. The quantitative estimate of drug-likeness (QED) is 0.810. The number of ether oxygens (including phenoxy) is 1. The average molecular weight is 276 g/mol. The molecule has 9 heteroatoms. The predicted molar refractivity (Wildman–Crippen MR) is 71.4 cm³/mol. The minimum Gasteiger partial charge on any atom is -0.381 e. The zero-order valence-corrected chi connectivity index (χ0v) is 11.2. The van der Waals surface area contributed by atoms with Gasteiger partial charge in [0.25, 0.3) is 5.95 Å². The Bertz CT molecular complexity index is 564. The number of hydrogen-bond donors (Lipinski definition) is 1. The number of hydrogen-bond acceptors (Lipinski definition) is 8. The Morgan fingerprint density at radius 3 is 2.60 bits per heavy atom. The maximum atomic E-state index is 5.75. The summed E-state index contributed by atoms with van der Waals surface area (Å²) in [5.74, 6) is 1.12. The lowest BCUT2D eigenvalue weighted by atomic mass is 10.1. The Morgan fingerprint density at radius 1 is 1.20 bits per heavy atom. The number of nitrogens with two attached hydrogens (primary N) is 1. The molecule has 1 aliphatic heterocycles. The van der Waals surface area contributed by atoms with Gasteiger partial charge in [-0.1, -0.05) is 0 Å². The third kappa shape index (κ3) is 2.52. The Morgan fingerprint density at radius 2 is 1.95 bits per heavy atom. The molecule has 3 rings (SSSR count). The average Bonchev–Trinajstić information content (AvgIpc) is 3.01. The van der Waals surface area contributed by atoms with Gasteiger partial charge in [-0.05, 0) is 12.8 Å². The third-order valence-electron chi connectivity index (χ3n) is 3.31. The summed E-state index contributed by atoms with van der Waals surface area (Å²) >= 11 is 0. The molecule has 0 saturated carbocycles. The van der Waals surface area contributed by atoms with Gasteiger partial charge in [-0.3, -0.25) is 0 Å². The van der Waals surface area contributed by atoms with Gasteiger partial charge in [0.1, 0.15) is 12.7 Å². The first-order valence-electron chi connectivity index (χ1n) is 6.40. The lowest BCUT2D eigenvalue weighted by Crippen LogP contribution is -2.38. The number of rotatable bonds is 3. The lowest BCUT2D eigenvalue weighted by molar-refractivity contribution is 0.0816. The number of nitrogens with zero attached hydrogens (tertiary/aromatic N) is 7. The summed E-state index contributed by atoms with van der Waals surface area (Å²) in [4.78, 5) is 18.6. The summed E-state index contributed by atoms with van der Waals surface area (Å²) < 4.78 is 6.82. The fraction of sp³-hybridized carbons (Fsp3) is 0.545. The molecular weight excluding hydrogens is 260 g/mol. The summed E-state index contributed by atoms with van der Waals surface area (Å²) in [7, 11) is 1.74. The standard InChI is InChI=1S/C11H16N8O/c1-20-8-2-4-18(5-3-8)10-15-9(12)16-11(17-10)19-7-13-6-14-19/h6-8H,2-5H2,1H3,(H2,12,15,16,17). The third-order valence-corrected chi connectivity index (χ3v) is 3.31. The normalized spacial score (nSPS) is 16.6. The summed E-state index contributed by atoms with van der Waals surface area (Å²) in [5, 5.41) is 4.00. The van der Waals surface area contributed by atoms with Crippen LogP contribution in [0.3, 0.4) is 0 Å². The van der Waals surface area contributed by atoms with E-state index < -0.39 is 0 Å². The first kappa shape index (κ1) is 12.7. The lowest BCUT2D eigenvalue weighted by Gasteiger charge is -2.31. The van der Waals surface area contributed by atoms with Gasteiger partial charge in [-0.15, -0.1) is 0 Å². The van der Waals surface area contributed by atoms with Gasteiger partial charge in [0, 0.05) is 20.2 Å². The largest absolute Gasteiger partial charge is 0.381 e. The monoisotopic (exact) mass is 276 g/mol. The summed E-state index contributed by atoms with van der Waals surface area (Å²) in [6.45, 7) is 1.66. The number of aromatic nitrogens is 6. The Balaban J connectivity index is 1.83. The minimum absolute atomic E-state index is 0.175. The molecule has 0 unspecified atom stereocenters. The van der Waals surface area contributed by atoms with E-state index in [-0.39, 0.29) is 5.95 Å². The fourth-order valence-corrected chi connectivity index (χ4v) is 2.22. The summed E-state index contributed by atoms with van der Waals surface area (Å²) in [6.07, 6.45) is 5.14. The second kappa shape index (κ2) is 5.37. The van der Waals surface area contributed by atoms with Crippen LogP contribution in [-0.2, 0) is 4.74 Å². The minimum atomic E-state index is 0.175. The van der Waals surface area contributed by atoms with Gasteiger partial charge >= 0.3 is 0 Å². The van der Waals surface area contributed by atoms with E-state index in [2.05, 4.69) is 29.9 Å². The molecule has 3 heterocycles. The summed E-state index contributed by atoms with van der Waals surface area (Å²) in [5.41, 5.74) is 5.75. The maximum Gasteiger partial charge on any atom is 0.258 e. The van der Waals surface area contributed by atoms with Crippen LogP contribution in [0.25, 0.3) is 5.95 Å². The van der Waals surface area contributed by atoms with Crippen LogP contribution in [0.1, 0.15) is 12.8 Å². The highest BCUT2D eigenvalue weighted by molar-refractivity contribution is 5.38. The van der Waals surface area contributed by atoms with E-state index in [1.807, 2.05) is 0 Å². The van der Waals surface area contributed by atoms with Gasteiger partial charge in [-0.25, -0.2) is 4.98 Å². The van der Waals surface area contributed by atoms with Crippen LogP contribution in [0.4, 0.5) is 11.9 Å². The Labute approximate surface area is 115 Å². The highest BCUT2D eigenvalue weighted by Gasteiger charge is 2.21. The second-order valence-corrected chi connectivity index (χ2v) is 4.56. The topological polar surface area (TPSA) is 108 Å². The van der Waals surface area contributed by atoms with E-state index >= 15 is 0 Å². The van der Waals surface area contributed by atoms with Gasteiger partial charge in [0.05, 0.1) is 6.10 Å². The highest BCUT2D eigenvalue weighted by Crippen LogP contribution is 2.18. The second-order valence-electron chi connectivity index (χ2n) is 4.56. The molecule has 0 amide bonds. The molecule has 20 heavy (non-hydrogen) atoms. The van der Waals surface area contributed by atoms with Crippen LogP contribution in [0.5, 0.6) is 0 Å². The molecule has 9 nitrogen and oxygen atoms in total. The van der Waals surface area contributed by atoms with Crippen molar-refractivity contribution in [3.05, 3.63) is 12.7 Å². The highest BCUT2D eigenvalue weighted by atomic mass is 16.5. The molecule has 2 aromatic heterocycles. The Hall–Kier alpha value is -2.29. The zero-order valence-electron chi connectivity index (χ0n) is 11.2. The smallest absolute Gasteiger partial charge is 0.258 e. The van der Waals surface area contributed by atoms with Crippen molar-refractivity contribution in [2.24, 2.45) is 0 Å². The molecule has 2 aromatic rings. The van der Waals surface area contributed by atoms with Crippen molar-refractivity contribution in [3.8, 4) is 5.95 Å². The van der Waals surface area contributed by atoms with E-state index in [9.17, 15) is 0 Å². The van der Waals surface area contributed by atoms with Gasteiger partial charge in [0.15, 0.2) is 0 Å². The molecule has 1 saturated heterocycles. The fourth-order valence-electron chi connectivity index (χ4n) is 2.22. The van der Waals surface area contributed by atoms with Crippen molar-refractivity contribution < 1.29 is 4.74 Å². The van der Waals surface area contributed by atoms with Crippen LogP contribution in [0, 0.1) is 0 Å². The maximum absolute atomic E-state index is 5.75. The van der Waals surface area contributed by atoms with E-state index in [0.717, 1.165) is 25.9 Å². The number of methoxy groups -OCH3 is 1. The Kier molecular flexibility index (Phi) is 3.42. The van der Waals surface area contributed by atoms with Gasteiger partial charge in [-0.2, -0.15) is 24.7 Å². The molecule has 0 aromatic carbocycles. The molecule has 0 radical (unpaired) electrons. The van der Waals surface area contributed by atoms with E-state index in [1.165, 1.54) is 17.3 Å². The van der Waals surface area contributed by atoms with Crippen molar-refractivity contribution in [1.82, 2.24) is 29.7 Å². The van der Waals surface area contributed by atoms with Gasteiger partial charge in [0.2, 0.25) is 11.9 Å². The number of anilines is 2. The van der Waals surface area contributed by atoms with Crippen molar-refractivity contribution >= 4 is 11.9 Å². The number of piperidine rings is 1. The SMILES string of the molecule is COC1CCN(c2nc(N)nc(-n3cncn3)n2)CC1. The molecule has 0 bridgehead atoms. The molecule has 106 valence electrons. The van der Waals surface area contributed by atoms with Crippen molar-refractivity contribution in [3.63, 3.8) is 0 Å². The van der Waals surface area contributed by atoms with Crippen LogP contribution < -0.4 is 10.6 Å². The van der Waals surface area contributed by atoms with Crippen molar-refractivity contribution in [2.45, 2.75) is 18.9 Å². The molecule has 0 atom stereocenters. The molecule has 0 aliphatic carbocycles. The van der Waals surface area contributed by atoms with Crippen molar-refractivity contribution in [1.29, 1.82) is 0 Å². The zero-order chi connectivity index (χ0) is 13.9. The van der Waals surface area contributed by atoms with Crippen LogP contribution in [0.15, 0.2) is 12.7 Å². The van der Waals surface area contributed by atoms with Gasteiger partial charge < -0.3 is 15.4 Å². The molecule has 2 N–H and O–H groups in total. The predicted octanol–water partition coefficient (Wildman–Crippen LogP) is -0.350. The molecule has 1 aliphatic rings. The van der Waals surface area contributed by atoms with E-state index in [4.69, 9.17) is 10.5 Å².